The highest BCUT2D eigenvalue weighted by molar-refractivity contribution is 6.34. The highest BCUT2D eigenvalue weighted by atomic mass is 35.5. The maximum atomic E-state index is 6.30. The van der Waals surface area contributed by atoms with Gasteiger partial charge in [0, 0.05) is 24.9 Å². The zero-order valence-electron chi connectivity index (χ0n) is 12.4. The van der Waals surface area contributed by atoms with Gasteiger partial charge in [-0.1, -0.05) is 17.7 Å². The molecule has 5 heteroatoms. The smallest absolute Gasteiger partial charge is 0.111 e. The van der Waals surface area contributed by atoms with Crippen molar-refractivity contribution >= 4 is 34.2 Å². The Morgan fingerprint density at radius 2 is 2.05 bits per heavy atom. The SMILES string of the molecule is CC(CN1CCCC1)n1c(CCCl)nc2c(Cl)cccc21. The van der Waals surface area contributed by atoms with E-state index in [9.17, 15) is 0 Å². The van der Waals surface area contributed by atoms with E-state index in [2.05, 4.69) is 22.5 Å². The minimum Gasteiger partial charge on any atom is -0.324 e. The van der Waals surface area contributed by atoms with E-state index >= 15 is 0 Å². The van der Waals surface area contributed by atoms with Crippen LogP contribution in [0.2, 0.25) is 5.02 Å². The van der Waals surface area contributed by atoms with Gasteiger partial charge in [0.2, 0.25) is 0 Å². The van der Waals surface area contributed by atoms with Crippen molar-refractivity contribution in [2.24, 2.45) is 0 Å². The molecule has 1 aromatic heterocycles. The zero-order valence-corrected chi connectivity index (χ0v) is 13.9. The summed E-state index contributed by atoms with van der Waals surface area (Å²) in [5, 5.41) is 0.718. The highest BCUT2D eigenvalue weighted by Crippen LogP contribution is 2.28. The second-order valence-electron chi connectivity index (χ2n) is 5.80. The van der Waals surface area contributed by atoms with Crippen molar-refractivity contribution in [1.29, 1.82) is 0 Å². The molecule has 0 bridgehead atoms. The van der Waals surface area contributed by atoms with Crippen LogP contribution in [0.25, 0.3) is 11.0 Å². The standard InChI is InChI=1S/C16H21Cl2N3/c1-12(11-20-9-2-3-10-20)21-14-6-4-5-13(18)16(14)19-15(21)7-8-17/h4-6,12H,2-3,7-11H2,1H3. The average Bonchev–Trinajstić information content (AvgIpc) is 3.07. The number of hydrogen-bond acceptors (Lipinski definition) is 2. The van der Waals surface area contributed by atoms with Crippen LogP contribution < -0.4 is 0 Å². The molecule has 0 saturated carbocycles. The quantitative estimate of drug-likeness (QED) is 0.771. The maximum absolute atomic E-state index is 6.30. The Balaban J connectivity index is 1.97. The van der Waals surface area contributed by atoms with Crippen molar-refractivity contribution in [1.82, 2.24) is 14.5 Å². The number of halogens is 2. The van der Waals surface area contributed by atoms with Gasteiger partial charge in [-0.15, -0.1) is 11.6 Å². The van der Waals surface area contributed by atoms with Crippen LogP contribution in [0.5, 0.6) is 0 Å². The predicted octanol–water partition coefficient (Wildman–Crippen LogP) is 4.13. The van der Waals surface area contributed by atoms with Gasteiger partial charge in [0.15, 0.2) is 0 Å². The molecule has 3 rings (SSSR count). The van der Waals surface area contributed by atoms with Crippen LogP contribution in [-0.4, -0.2) is 40.0 Å². The largest absolute Gasteiger partial charge is 0.324 e. The molecule has 2 heterocycles. The lowest BCUT2D eigenvalue weighted by molar-refractivity contribution is 0.288. The van der Waals surface area contributed by atoms with Gasteiger partial charge in [0.1, 0.15) is 11.3 Å². The Morgan fingerprint density at radius 3 is 2.76 bits per heavy atom. The first-order valence-corrected chi connectivity index (χ1v) is 8.55. The van der Waals surface area contributed by atoms with Crippen LogP contribution in [0.3, 0.4) is 0 Å². The number of likely N-dealkylation sites (tertiary alicyclic amines) is 1. The van der Waals surface area contributed by atoms with E-state index in [-0.39, 0.29) is 0 Å². The van der Waals surface area contributed by atoms with E-state index in [0.29, 0.717) is 11.9 Å². The summed E-state index contributed by atoms with van der Waals surface area (Å²) in [6.07, 6.45) is 3.41. The van der Waals surface area contributed by atoms with E-state index in [4.69, 9.17) is 28.2 Å². The normalized spacial score (nSPS) is 17.7. The van der Waals surface area contributed by atoms with Crippen molar-refractivity contribution in [3.8, 4) is 0 Å². The molecule has 0 N–H and O–H groups in total. The lowest BCUT2D eigenvalue weighted by Crippen LogP contribution is -2.27. The lowest BCUT2D eigenvalue weighted by Gasteiger charge is -2.23. The second kappa shape index (κ2) is 6.55. The molecule has 3 nitrogen and oxygen atoms in total. The number of nitrogens with zero attached hydrogens (tertiary/aromatic N) is 3. The number of imidazole rings is 1. The molecule has 0 amide bonds. The Labute approximate surface area is 135 Å². The third-order valence-electron chi connectivity index (χ3n) is 4.22. The Hall–Kier alpha value is -0.770. The molecule has 0 spiro atoms. The van der Waals surface area contributed by atoms with E-state index in [1.807, 2.05) is 12.1 Å². The number of para-hydroxylation sites is 1. The molecule has 21 heavy (non-hydrogen) atoms. The van der Waals surface area contributed by atoms with Crippen molar-refractivity contribution in [2.75, 3.05) is 25.5 Å². The summed E-state index contributed by atoms with van der Waals surface area (Å²) in [5.74, 6) is 1.62. The predicted molar refractivity (Wildman–Crippen MR) is 89.6 cm³/mol. The van der Waals surface area contributed by atoms with Crippen LogP contribution in [0, 0.1) is 0 Å². The molecule has 1 fully saturated rings. The summed E-state index contributed by atoms with van der Waals surface area (Å²) in [6, 6.07) is 6.38. The van der Waals surface area contributed by atoms with Crippen LogP contribution >= 0.6 is 23.2 Å². The molecule has 0 radical (unpaired) electrons. The van der Waals surface area contributed by atoms with Gasteiger partial charge in [-0.25, -0.2) is 4.98 Å². The third-order valence-corrected chi connectivity index (χ3v) is 4.72. The molecular formula is C16H21Cl2N3. The lowest BCUT2D eigenvalue weighted by atomic mass is 10.2. The minimum absolute atomic E-state index is 0.379. The van der Waals surface area contributed by atoms with Gasteiger partial charge < -0.3 is 9.47 Å². The number of alkyl halides is 1. The van der Waals surface area contributed by atoms with Crippen molar-refractivity contribution < 1.29 is 0 Å². The van der Waals surface area contributed by atoms with Crippen molar-refractivity contribution in [3.63, 3.8) is 0 Å². The van der Waals surface area contributed by atoms with Crippen molar-refractivity contribution in [3.05, 3.63) is 29.0 Å². The average molecular weight is 326 g/mol. The summed E-state index contributed by atoms with van der Waals surface area (Å²) in [6.45, 7) is 5.75. The first-order valence-electron chi connectivity index (χ1n) is 7.64. The monoisotopic (exact) mass is 325 g/mol. The van der Waals surface area contributed by atoms with Crippen LogP contribution in [0.4, 0.5) is 0 Å². The third kappa shape index (κ3) is 3.05. The van der Waals surface area contributed by atoms with Gasteiger partial charge in [-0.3, -0.25) is 0 Å². The summed E-state index contributed by atoms with van der Waals surface area (Å²) in [7, 11) is 0. The highest BCUT2D eigenvalue weighted by Gasteiger charge is 2.20. The zero-order chi connectivity index (χ0) is 14.8. The number of hydrogen-bond donors (Lipinski definition) is 0. The van der Waals surface area contributed by atoms with Gasteiger partial charge in [0.05, 0.1) is 10.5 Å². The number of aromatic nitrogens is 2. The molecule has 1 aromatic carbocycles. The van der Waals surface area contributed by atoms with E-state index in [1.165, 1.54) is 25.9 Å². The fourth-order valence-corrected chi connectivity index (χ4v) is 3.69. The molecule has 1 aliphatic heterocycles. The fraction of sp³-hybridized carbons (Fsp3) is 0.562. The van der Waals surface area contributed by atoms with Crippen LogP contribution in [-0.2, 0) is 6.42 Å². The van der Waals surface area contributed by atoms with Gasteiger partial charge >= 0.3 is 0 Å². The maximum Gasteiger partial charge on any atom is 0.111 e. The van der Waals surface area contributed by atoms with Gasteiger partial charge in [-0.2, -0.15) is 0 Å². The molecule has 1 atom stereocenters. The van der Waals surface area contributed by atoms with Gasteiger partial charge in [0.25, 0.3) is 0 Å². The topological polar surface area (TPSA) is 21.1 Å². The Kier molecular flexibility index (Phi) is 4.72. The van der Waals surface area contributed by atoms with E-state index < -0.39 is 0 Å². The summed E-state index contributed by atoms with van der Waals surface area (Å²) < 4.78 is 2.32. The minimum atomic E-state index is 0.379. The van der Waals surface area contributed by atoms with Crippen LogP contribution in [0.1, 0.15) is 31.6 Å². The Bertz CT molecular complexity index is 617. The second-order valence-corrected chi connectivity index (χ2v) is 6.59. The molecule has 114 valence electrons. The number of rotatable bonds is 5. The fourth-order valence-electron chi connectivity index (χ4n) is 3.30. The number of aryl methyl sites for hydroxylation is 1. The number of benzene rings is 1. The first kappa shape index (κ1) is 15.1. The summed E-state index contributed by atoms with van der Waals surface area (Å²) >= 11 is 12.3. The molecule has 1 saturated heterocycles. The molecule has 1 unspecified atom stereocenters. The van der Waals surface area contributed by atoms with E-state index in [1.54, 1.807) is 0 Å². The number of fused-ring (bicyclic) bond motifs is 1. The van der Waals surface area contributed by atoms with Gasteiger partial charge in [-0.05, 0) is 45.0 Å². The summed E-state index contributed by atoms with van der Waals surface area (Å²) in [5.41, 5.74) is 2.02. The Morgan fingerprint density at radius 1 is 1.29 bits per heavy atom. The molecule has 2 aromatic rings. The first-order chi connectivity index (χ1) is 10.2. The summed E-state index contributed by atoms with van der Waals surface area (Å²) in [4.78, 5) is 7.26. The van der Waals surface area contributed by atoms with Crippen molar-refractivity contribution in [2.45, 2.75) is 32.2 Å². The molecule has 1 aliphatic rings. The molecule has 0 aliphatic carbocycles. The van der Waals surface area contributed by atoms with Crippen LogP contribution in [0.15, 0.2) is 18.2 Å². The molecular weight excluding hydrogens is 305 g/mol. The van der Waals surface area contributed by atoms with E-state index in [0.717, 1.165) is 34.8 Å².